The van der Waals surface area contributed by atoms with Gasteiger partial charge >= 0.3 is 29.6 Å². The molecule has 0 aliphatic heterocycles. The van der Waals surface area contributed by atoms with Crippen LogP contribution in [0.3, 0.4) is 0 Å². The molecule has 1 heteroatoms. The summed E-state index contributed by atoms with van der Waals surface area (Å²) >= 11 is 0. The zero-order valence-corrected chi connectivity index (χ0v) is 10.3. The molecule has 0 N–H and O–H groups in total. The standard InChI is InChI=1S/C11H17.Na/c1-2-3-4-5-8-11-9-6-7-10-11;/h6-7,9-10H,2-5,8H2,1H3;/q-1;+1. The second-order valence-electron chi connectivity index (χ2n) is 3.10. The first-order chi connectivity index (χ1) is 5.43. The minimum Gasteiger partial charge on any atom is -0.213 e. The Kier molecular flexibility index (Phi) is 8.20. The van der Waals surface area contributed by atoms with Crippen molar-refractivity contribution < 1.29 is 29.6 Å². The van der Waals surface area contributed by atoms with Gasteiger partial charge in [0.1, 0.15) is 0 Å². The first-order valence-electron chi connectivity index (χ1n) is 4.64. The van der Waals surface area contributed by atoms with Crippen molar-refractivity contribution in [1.29, 1.82) is 0 Å². The topological polar surface area (TPSA) is 0 Å². The molecule has 0 aromatic heterocycles. The van der Waals surface area contributed by atoms with Crippen molar-refractivity contribution in [3.05, 3.63) is 29.8 Å². The first kappa shape index (κ1) is 12.3. The van der Waals surface area contributed by atoms with Crippen LogP contribution in [-0.2, 0) is 6.42 Å². The van der Waals surface area contributed by atoms with E-state index in [1.807, 2.05) is 0 Å². The van der Waals surface area contributed by atoms with E-state index in [2.05, 4.69) is 31.2 Å². The van der Waals surface area contributed by atoms with Gasteiger partial charge in [0.15, 0.2) is 0 Å². The van der Waals surface area contributed by atoms with Gasteiger partial charge in [-0.2, -0.15) is 17.7 Å². The van der Waals surface area contributed by atoms with Gasteiger partial charge in [0, 0.05) is 0 Å². The van der Waals surface area contributed by atoms with Gasteiger partial charge in [0.2, 0.25) is 0 Å². The van der Waals surface area contributed by atoms with Gasteiger partial charge in [0.05, 0.1) is 0 Å². The molecule has 0 fully saturated rings. The van der Waals surface area contributed by atoms with Crippen LogP contribution in [0, 0.1) is 0 Å². The van der Waals surface area contributed by atoms with Crippen LogP contribution in [-0.4, -0.2) is 0 Å². The Balaban J connectivity index is 0.00000121. The van der Waals surface area contributed by atoms with E-state index in [9.17, 15) is 0 Å². The Bertz CT molecular complexity index is 165. The predicted octanol–water partition coefficient (Wildman–Crippen LogP) is 0.532. The third-order valence-electron chi connectivity index (χ3n) is 2.05. The molecule has 62 valence electrons. The first-order valence-corrected chi connectivity index (χ1v) is 4.64. The number of aryl methyl sites for hydroxylation is 1. The van der Waals surface area contributed by atoms with E-state index in [0.717, 1.165) is 0 Å². The van der Waals surface area contributed by atoms with Crippen molar-refractivity contribution in [3.63, 3.8) is 0 Å². The molecule has 0 aliphatic carbocycles. The fraction of sp³-hybridized carbons (Fsp3) is 0.545. The Morgan fingerprint density at radius 2 is 1.67 bits per heavy atom. The largest absolute Gasteiger partial charge is 1.00 e. The normalized spacial score (nSPS) is 9.42. The fourth-order valence-electron chi connectivity index (χ4n) is 1.34. The van der Waals surface area contributed by atoms with Gasteiger partial charge in [-0.1, -0.05) is 39.0 Å². The van der Waals surface area contributed by atoms with Crippen molar-refractivity contribution >= 4 is 0 Å². The molecule has 0 spiro atoms. The smallest absolute Gasteiger partial charge is 0.213 e. The summed E-state index contributed by atoms with van der Waals surface area (Å²) in [5, 5.41) is 0. The predicted molar refractivity (Wildman–Crippen MR) is 49.9 cm³/mol. The van der Waals surface area contributed by atoms with Crippen molar-refractivity contribution in [2.24, 2.45) is 0 Å². The molecule has 12 heavy (non-hydrogen) atoms. The van der Waals surface area contributed by atoms with Crippen molar-refractivity contribution in [2.75, 3.05) is 0 Å². The Morgan fingerprint density at radius 1 is 1.00 bits per heavy atom. The fourth-order valence-corrected chi connectivity index (χ4v) is 1.34. The number of unbranched alkanes of at least 4 members (excludes halogenated alkanes) is 3. The molecule has 0 radical (unpaired) electrons. The molecule has 0 heterocycles. The van der Waals surface area contributed by atoms with Crippen LogP contribution in [0.25, 0.3) is 0 Å². The number of rotatable bonds is 5. The summed E-state index contributed by atoms with van der Waals surface area (Å²) in [6.45, 7) is 2.25. The summed E-state index contributed by atoms with van der Waals surface area (Å²) in [5.41, 5.74) is 1.50. The van der Waals surface area contributed by atoms with Crippen LogP contribution < -0.4 is 29.6 Å². The summed E-state index contributed by atoms with van der Waals surface area (Å²) in [6, 6.07) is 8.67. The Morgan fingerprint density at radius 3 is 2.25 bits per heavy atom. The number of hydrogen-bond acceptors (Lipinski definition) is 0. The zero-order chi connectivity index (χ0) is 7.94. The molecule has 1 aromatic rings. The van der Waals surface area contributed by atoms with Gasteiger partial charge in [-0.05, 0) is 0 Å². The maximum Gasteiger partial charge on any atom is 1.00 e. The van der Waals surface area contributed by atoms with Gasteiger partial charge in [-0.25, -0.2) is 12.1 Å². The molecule has 0 nitrogen and oxygen atoms in total. The minimum atomic E-state index is 0. The van der Waals surface area contributed by atoms with E-state index in [-0.39, 0.29) is 29.6 Å². The van der Waals surface area contributed by atoms with E-state index in [1.165, 1.54) is 37.7 Å². The summed E-state index contributed by atoms with van der Waals surface area (Å²) in [6.07, 6.45) is 6.74. The van der Waals surface area contributed by atoms with E-state index in [4.69, 9.17) is 0 Å². The summed E-state index contributed by atoms with van der Waals surface area (Å²) in [7, 11) is 0. The third-order valence-corrected chi connectivity index (χ3v) is 2.05. The molecule has 0 atom stereocenters. The van der Waals surface area contributed by atoms with Crippen LogP contribution >= 0.6 is 0 Å². The van der Waals surface area contributed by atoms with E-state index >= 15 is 0 Å². The van der Waals surface area contributed by atoms with Gasteiger partial charge < -0.3 is 0 Å². The molecule has 0 saturated heterocycles. The zero-order valence-electron chi connectivity index (χ0n) is 8.34. The number of hydrogen-bond donors (Lipinski definition) is 0. The summed E-state index contributed by atoms with van der Waals surface area (Å²) in [4.78, 5) is 0. The maximum atomic E-state index is 2.25. The van der Waals surface area contributed by atoms with Crippen molar-refractivity contribution in [3.8, 4) is 0 Å². The van der Waals surface area contributed by atoms with Crippen LogP contribution in [0.5, 0.6) is 0 Å². The molecule has 0 amide bonds. The monoisotopic (exact) mass is 172 g/mol. The second kappa shape index (κ2) is 7.97. The maximum absolute atomic E-state index is 2.25. The van der Waals surface area contributed by atoms with Crippen LogP contribution in [0.1, 0.15) is 38.2 Å². The van der Waals surface area contributed by atoms with Crippen molar-refractivity contribution in [2.45, 2.75) is 39.0 Å². The van der Waals surface area contributed by atoms with E-state index in [0.29, 0.717) is 0 Å². The molecule has 1 aromatic carbocycles. The SMILES string of the molecule is CCCCCC[c-]1cccc1.[Na+]. The van der Waals surface area contributed by atoms with Crippen LogP contribution in [0.2, 0.25) is 0 Å². The molecule has 1 rings (SSSR count). The molecular weight excluding hydrogens is 155 g/mol. The van der Waals surface area contributed by atoms with E-state index in [1.54, 1.807) is 0 Å². The van der Waals surface area contributed by atoms with Gasteiger partial charge in [0.25, 0.3) is 0 Å². The quantitative estimate of drug-likeness (QED) is 0.345. The van der Waals surface area contributed by atoms with Gasteiger partial charge in [-0.3, -0.25) is 0 Å². The molecule has 0 unspecified atom stereocenters. The summed E-state index contributed by atoms with van der Waals surface area (Å²) in [5.74, 6) is 0. The average Bonchev–Trinajstić information content (AvgIpc) is 2.50. The van der Waals surface area contributed by atoms with Gasteiger partial charge in [-0.15, -0.1) is 0 Å². The van der Waals surface area contributed by atoms with Crippen LogP contribution in [0.4, 0.5) is 0 Å². The Hall–Kier alpha value is 0.350. The molecule has 0 saturated carbocycles. The second-order valence-corrected chi connectivity index (χ2v) is 3.10. The third kappa shape index (κ3) is 5.08. The van der Waals surface area contributed by atoms with E-state index < -0.39 is 0 Å². The van der Waals surface area contributed by atoms with Crippen LogP contribution in [0.15, 0.2) is 24.3 Å². The molecule has 0 bridgehead atoms. The molecular formula is C11H17Na. The molecule has 0 aliphatic rings. The average molecular weight is 172 g/mol. The minimum absolute atomic E-state index is 0. The summed E-state index contributed by atoms with van der Waals surface area (Å²) < 4.78 is 0. The van der Waals surface area contributed by atoms with Crippen molar-refractivity contribution in [1.82, 2.24) is 0 Å². The Labute approximate surface area is 98.0 Å².